The fourth-order valence-electron chi connectivity index (χ4n) is 3.84. The minimum Gasteiger partial charge on any atom is -0.493 e. The van der Waals surface area contributed by atoms with Crippen molar-refractivity contribution < 1.29 is 17.9 Å². The molecule has 0 atom stereocenters. The number of carbonyl (C=O) groups is 1. The number of thiophene rings is 1. The maximum atomic E-state index is 13.4. The number of amides is 1. The molecule has 9 heteroatoms. The van der Waals surface area contributed by atoms with Gasteiger partial charge in [0.1, 0.15) is 5.75 Å². The largest absolute Gasteiger partial charge is 0.493 e. The summed E-state index contributed by atoms with van der Waals surface area (Å²) >= 11 is 7.87. The standard InChI is InChI=1S/C29H33ClN2O4S2/c1-3-5-6-17-36-28-12-9-26(30)20-25(28)21-32(29(33)19-24-14-18-37-22-24)16-13-23-7-10-27(11-8-23)38(34,35)31-15-4-2/h2,7-12,14,18,20,22,31H,3,5-6,13,15-17,19,21H2,1H3. The summed E-state index contributed by atoms with van der Waals surface area (Å²) in [6, 6.07) is 14.1. The molecule has 2 aromatic carbocycles. The van der Waals surface area contributed by atoms with Crippen LogP contribution in [0.4, 0.5) is 0 Å². The molecular weight excluding hydrogens is 540 g/mol. The minimum absolute atomic E-state index is 0.00186. The van der Waals surface area contributed by atoms with Gasteiger partial charge in [-0.2, -0.15) is 16.1 Å². The minimum atomic E-state index is -3.66. The van der Waals surface area contributed by atoms with Crippen molar-refractivity contribution in [1.82, 2.24) is 9.62 Å². The number of nitrogens with zero attached hydrogens (tertiary/aromatic N) is 1. The highest BCUT2D eigenvalue weighted by Crippen LogP contribution is 2.26. The van der Waals surface area contributed by atoms with Crippen LogP contribution < -0.4 is 9.46 Å². The predicted octanol–water partition coefficient (Wildman–Crippen LogP) is 5.70. The average molecular weight is 573 g/mol. The number of hydrogen-bond acceptors (Lipinski definition) is 5. The summed E-state index contributed by atoms with van der Waals surface area (Å²) < 4.78 is 33.0. The van der Waals surface area contributed by atoms with Gasteiger partial charge in [-0.15, -0.1) is 6.42 Å². The Bertz CT molecular complexity index is 1320. The van der Waals surface area contributed by atoms with Gasteiger partial charge in [0.05, 0.1) is 24.5 Å². The Morgan fingerprint density at radius 3 is 2.61 bits per heavy atom. The Hall–Kier alpha value is -2.83. The molecule has 0 aliphatic carbocycles. The summed E-state index contributed by atoms with van der Waals surface area (Å²) in [5, 5.41) is 4.52. The number of hydrogen-bond donors (Lipinski definition) is 1. The van der Waals surface area contributed by atoms with Gasteiger partial charge in [-0.1, -0.05) is 49.4 Å². The molecule has 1 heterocycles. The lowest BCUT2D eigenvalue weighted by Gasteiger charge is -2.24. The van der Waals surface area contributed by atoms with Crippen molar-refractivity contribution in [1.29, 1.82) is 0 Å². The Kier molecular flexibility index (Phi) is 11.7. The second-order valence-corrected chi connectivity index (χ2v) is 11.8. The van der Waals surface area contributed by atoms with Crippen molar-refractivity contribution >= 4 is 38.9 Å². The fraction of sp³-hybridized carbons (Fsp3) is 0.345. The quantitative estimate of drug-likeness (QED) is 0.187. The first kappa shape index (κ1) is 29.7. The molecule has 0 bridgehead atoms. The molecule has 3 aromatic rings. The molecule has 202 valence electrons. The summed E-state index contributed by atoms with van der Waals surface area (Å²) in [6.45, 7) is 3.49. The Morgan fingerprint density at radius 1 is 1.13 bits per heavy atom. The van der Waals surface area contributed by atoms with Crippen LogP contribution in [0.25, 0.3) is 0 Å². The van der Waals surface area contributed by atoms with Gasteiger partial charge in [0.25, 0.3) is 0 Å². The maximum absolute atomic E-state index is 13.4. The number of terminal acetylenes is 1. The molecule has 0 saturated carbocycles. The van der Waals surface area contributed by atoms with E-state index < -0.39 is 10.0 Å². The van der Waals surface area contributed by atoms with Crippen molar-refractivity contribution in [3.8, 4) is 18.1 Å². The maximum Gasteiger partial charge on any atom is 0.241 e. The molecule has 38 heavy (non-hydrogen) atoms. The van der Waals surface area contributed by atoms with E-state index in [1.54, 1.807) is 46.6 Å². The zero-order valence-electron chi connectivity index (χ0n) is 21.5. The van der Waals surface area contributed by atoms with E-state index >= 15 is 0 Å². The molecular formula is C29H33ClN2O4S2. The lowest BCUT2D eigenvalue weighted by atomic mass is 10.1. The van der Waals surface area contributed by atoms with Gasteiger partial charge in [-0.25, -0.2) is 8.42 Å². The van der Waals surface area contributed by atoms with Gasteiger partial charge in [-0.05, 0) is 71.1 Å². The van der Waals surface area contributed by atoms with Gasteiger partial charge in [0.2, 0.25) is 15.9 Å². The van der Waals surface area contributed by atoms with Crippen LogP contribution in [0, 0.1) is 12.3 Å². The van der Waals surface area contributed by atoms with E-state index in [0.717, 1.165) is 41.7 Å². The van der Waals surface area contributed by atoms with Crippen LogP contribution in [0.1, 0.15) is 42.9 Å². The normalized spacial score (nSPS) is 11.2. The molecule has 3 rings (SSSR count). The Balaban J connectivity index is 1.75. The SMILES string of the molecule is C#CCNS(=O)(=O)c1ccc(CCN(Cc2cc(Cl)ccc2OCCCCC)C(=O)Cc2ccsc2)cc1. The van der Waals surface area contributed by atoms with Crippen LogP contribution in [0.2, 0.25) is 5.02 Å². The Morgan fingerprint density at radius 2 is 1.92 bits per heavy atom. The van der Waals surface area contributed by atoms with E-state index in [1.165, 1.54) is 0 Å². The smallest absolute Gasteiger partial charge is 0.241 e. The third kappa shape index (κ3) is 9.17. The number of sulfonamides is 1. The molecule has 1 N–H and O–H groups in total. The monoisotopic (exact) mass is 572 g/mol. The second-order valence-electron chi connectivity index (χ2n) is 8.85. The third-order valence-corrected chi connectivity index (χ3v) is 8.33. The molecule has 0 radical (unpaired) electrons. The number of nitrogens with one attached hydrogen (secondary N) is 1. The predicted molar refractivity (Wildman–Crippen MR) is 154 cm³/mol. The zero-order chi connectivity index (χ0) is 27.4. The average Bonchev–Trinajstić information content (AvgIpc) is 3.42. The third-order valence-electron chi connectivity index (χ3n) is 5.95. The van der Waals surface area contributed by atoms with E-state index in [2.05, 4.69) is 17.6 Å². The van der Waals surface area contributed by atoms with Crippen molar-refractivity contribution in [3.63, 3.8) is 0 Å². The highest BCUT2D eigenvalue weighted by molar-refractivity contribution is 7.89. The van der Waals surface area contributed by atoms with Crippen LogP contribution in [-0.4, -0.2) is 38.9 Å². The molecule has 0 unspecified atom stereocenters. The van der Waals surface area contributed by atoms with Gasteiger partial charge in [-0.3, -0.25) is 4.79 Å². The van der Waals surface area contributed by atoms with Gasteiger partial charge in [0, 0.05) is 23.7 Å². The van der Waals surface area contributed by atoms with Crippen molar-refractivity contribution in [2.45, 2.75) is 50.5 Å². The lowest BCUT2D eigenvalue weighted by Crippen LogP contribution is -2.33. The molecule has 6 nitrogen and oxygen atoms in total. The van der Waals surface area contributed by atoms with E-state index in [4.69, 9.17) is 22.8 Å². The van der Waals surface area contributed by atoms with Crippen molar-refractivity contribution in [2.24, 2.45) is 0 Å². The number of benzene rings is 2. The Labute approximate surface area is 235 Å². The molecule has 1 aromatic heterocycles. The zero-order valence-corrected chi connectivity index (χ0v) is 23.9. The summed E-state index contributed by atoms with van der Waals surface area (Å²) in [5.41, 5.74) is 2.74. The fourth-order valence-corrected chi connectivity index (χ4v) is 5.64. The lowest BCUT2D eigenvalue weighted by molar-refractivity contribution is -0.131. The van der Waals surface area contributed by atoms with Gasteiger partial charge >= 0.3 is 0 Å². The first-order valence-corrected chi connectivity index (χ1v) is 15.3. The van der Waals surface area contributed by atoms with Crippen LogP contribution in [0.3, 0.4) is 0 Å². The summed E-state index contributed by atoms with van der Waals surface area (Å²) in [6.07, 6.45) is 9.17. The van der Waals surface area contributed by atoms with Crippen LogP contribution in [0.5, 0.6) is 5.75 Å². The van der Waals surface area contributed by atoms with Gasteiger partial charge < -0.3 is 9.64 Å². The van der Waals surface area contributed by atoms with Gasteiger partial charge in [0.15, 0.2) is 0 Å². The summed E-state index contributed by atoms with van der Waals surface area (Å²) in [5.74, 6) is 2.99. The molecule has 1 amide bonds. The number of rotatable bonds is 15. The first-order chi connectivity index (χ1) is 18.3. The molecule has 0 aliphatic rings. The topological polar surface area (TPSA) is 75.7 Å². The summed E-state index contributed by atoms with van der Waals surface area (Å²) in [7, 11) is -3.66. The molecule has 0 fully saturated rings. The highest BCUT2D eigenvalue weighted by atomic mass is 35.5. The number of halogens is 1. The highest BCUT2D eigenvalue weighted by Gasteiger charge is 2.18. The second kappa shape index (κ2) is 14.9. The summed E-state index contributed by atoms with van der Waals surface area (Å²) in [4.78, 5) is 15.3. The van der Waals surface area contributed by atoms with E-state index in [-0.39, 0.29) is 17.3 Å². The molecule has 0 saturated heterocycles. The number of ether oxygens (including phenoxy) is 1. The van der Waals surface area contributed by atoms with Crippen LogP contribution in [0.15, 0.2) is 64.2 Å². The number of unbranched alkanes of at least 4 members (excludes halogenated alkanes) is 2. The first-order valence-electron chi connectivity index (χ1n) is 12.5. The van der Waals surface area contributed by atoms with Crippen molar-refractivity contribution in [2.75, 3.05) is 19.7 Å². The van der Waals surface area contributed by atoms with Crippen LogP contribution in [-0.2, 0) is 34.2 Å². The molecule has 0 aliphatic heterocycles. The van der Waals surface area contributed by atoms with Crippen molar-refractivity contribution in [3.05, 3.63) is 81.0 Å². The van der Waals surface area contributed by atoms with E-state index in [0.29, 0.717) is 37.6 Å². The van der Waals surface area contributed by atoms with E-state index in [9.17, 15) is 13.2 Å². The molecule has 0 spiro atoms. The van der Waals surface area contributed by atoms with E-state index in [1.807, 2.05) is 29.0 Å². The van der Waals surface area contributed by atoms with Crippen LogP contribution >= 0.6 is 22.9 Å². The number of carbonyl (C=O) groups excluding carboxylic acids is 1.